The number of carboxylic acid groups (broad SMARTS) is 1. The van der Waals surface area contributed by atoms with Crippen LogP contribution in [0.25, 0.3) is 0 Å². The van der Waals surface area contributed by atoms with Crippen molar-refractivity contribution in [2.24, 2.45) is 0 Å². The first kappa shape index (κ1) is 8.19. The average Bonchev–Trinajstić information content (AvgIpc) is 2.56. The molecule has 1 aromatic heterocycles. The van der Waals surface area contributed by atoms with Gasteiger partial charge in [0.15, 0.2) is 5.78 Å². The Bertz CT molecular complexity index is 414. The molecule has 66 valence electrons. The van der Waals surface area contributed by atoms with Crippen molar-refractivity contribution in [2.45, 2.75) is 6.42 Å². The molecular weight excluding hydrogens is 188 g/mol. The summed E-state index contributed by atoms with van der Waals surface area (Å²) >= 11 is 1.49. The number of allylic oxidation sites excluding steroid dienone is 1. The molecule has 0 saturated carbocycles. The quantitative estimate of drug-likeness (QED) is 0.689. The summed E-state index contributed by atoms with van der Waals surface area (Å²) < 4.78 is 0. The number of hydrogen-bond acceptors (Lipinski definition) is 3. The normalized spacial score (nSPS) is 17.8. The first-order chi connectivity index (χ1) is 6.18. The van der Waals surface area contributed by atoms with Crippen molar-refractivity contribution in [1.82, 2.24) is 0 Å². The molecule has 1 heterocycles. The van der Waals surface area contributed by atoms with E-state index in [1.54, 1.807) is 6.07 Å². The minimum Gasteiger partial charge on any atom is -0.478 e. The van der Waals surface area contributed by atoms with Gasteiger partial charge in [-0.25, -0.2) is 4.79 Å². The summed E-state index contributed by atoms with van der Waals surface area (Å²) in [5.74, 6) is -1.20. The highest BCUT2D eigenvalue weighted by Crippen LogP contribution is 2.30. The fraction of sp³-hybridized carbons (Fsp3) is 0.111. The van der Waals surface area contributed by atoms with Gasteiger partial charge in [-0.2, -0.15) is 0 Å². The summed E-state index contributed by atoms with van der Waals surface area (Å²) in [5.41, 5.74) is 1.05. The molecule has 1 aliphatic rings. The molecule has 0 atom stereocenters. The average molecular weight is 194 g/mol. The Morgan fingerprint density at radius 1 is 1.62 bits per heavy atom. The first-order valence-electron chi connectivity index (χ1n) is 3.73. The van der Waals surface area contributed by atoms with E-state index in [1.807, 2.05) is 5.38 Å². The maximum absolute atomic E-state index is 11.5. The summed E-state index contributed by atoms with van der Waals surface area (Å²) in [6.45, 7) is 0. The minimum absolute atomic E-state index is 0.140. The summed E-state index contributed by atoms with van der Waals surface area (Å²) in [5, 5.41) is 10.3. The van der Waals surface area contributed by atoms with Gasteiger partial charge in [-0.05, 0) is 11.4 Å². The van der Waals surface area contributed by atoms with Crippen molar-refractivity contribution in [3.8, 4) is 0 Å². The Labute approximate surface area is 78.3 Å². The van der Waals surface area contributed by atoms with Gasteiger partial charge in [0.1, 0.15) is 0 Å². The number of carbonyl (C=O) groups is 2. The van der Waals surface area contributed by atoms with Crippen LogP contribution in [0.1, 0.15) is 15.2 Å². The van der Waals surface area contributed by atoms with Crippen molar-refractivity contribution in [2.75, 3.05) is 0 Å². The van der Waals surface area contributed by atoms with Gasteiger partial charge in [0, 0.05) is 28.5 Å². The number of ketones is 1. The van der Waals surface area contributed by atoms with Crippen LogP contribution in [0.5, 0.6) is 0 Å². The maximum Gasteiger partial charge on any atom is 0.328 e. The molecule has 0 spiro atoms. The second-order valence-corrected chi connectivity index (χ2v) is 3.77. The second-order valence-electron chi connectivity index (χ2n) is 2.77. The van der Waals surface area contributed by atoms with E-state index in [1.165, 1.54) is 11.3 Å². The zero-order valence-electron chi connectivity index (χ0n) is 6.61. The number of fused-ring (bicyclic) bond motifs is 1. The molecule has 2 rings (SSSR count). The van der Waals surface area contributed by atoms with Crippen LogP contribution >= 0.6 is 11.3 Å². The third-order valence-electron chi connectivity index (χ3n) is 1.93. The van der Waals surface area contributed by atoms with Gasteiger partial charge in [0.05, 0.1) is 0 Å². The highest BCUT2D eigenvalue weighted by atomic mass is 32.1. The molecule has 0 aliphatic heterocycles. The lowest BCUT2D eigenvalue weighted by molar-refractivity contribution is -0.131. The van der Waals surface area contributed by atoms with Crippen LogP contribution in [0.15, 0.2) is 23.1 Å². The Morgan fingerprint density at radius 3 is 3.00 bits per heavy atom. The highest BCUT2D eigenvalue weighted by molar-refractivity contribution is 7.10. The van der Waals surface area contributed by atoms with Crippen molar-refractivity contribution >= 4 is 23.1 Å². The summed E-state index contributed by atoms with van der Waals surface area (Å²) in [6, 6.07) is 1.74. The number of rotatable bonds is 1. The predicted octanol–water partition coefficient (Wildman–Crippen LogP) is 1.50. The van der Waals surface area contributed by atoms with Crippen LogP contribution < -0.4 is 0 Å². The van der Waals surface area contributed by atoms with E-state index in [0.29, 0.717) is 17.6 Å². The van der Waals surface area contributed by atoms with Crippen molar-refractivity contribution in [3.05, 3.63) is 33.5 Å². The fourth-order valence-corrected chi connectivity index (χ4v) is 2.27. The Hall–Kier alpha value is -1.42. The fourth-order valence-electron chi connectivity index (χ4n) is 1.37. The Balaban J connectivity index is 2.40. The first-order valence-corrected chi connectivity index (χ1v) is 4.61. The van der Waals surface area contributed by atoms with Crippen LogP contribution in [0.4, 0.5) is 0 Å². The third-order valence-corrected chi connectivity index (χ3v) is 2.85. The smallest absolute Gasteiger partial charge is 0.328 e. The van der Waals surface area contributed by atoms with Gasteiger partial charge in [-0.1, -0.05) is 0 Å². The topological polar surface area (TPSA) is 54.4 Å². The van der Waals surface area contributed by atoms with Crippen LogP contribution in [-0.2, 0) is 11.2 Å². The summed E-state index contributed by atoms with van der Waals surface area (Å²) in [4.78, 5) is 22.8. The molecule has 3 nitrogen and oxygen atoms in total. The molecule has 0 saturated heterocycles. The van der Waals surface area contributed by atoms with Gasteiger partial charge in [-0.3, -0.25) is 4.79 Å². The molecule has 0 amide bonds. The number of aliphatic carboxylic acids is 1. The molecule has 1 aliphatic carbocycles. The van der Waals surface area contributed by atoms with E-state index in [9.17, 15) is 9.59 Å². The number of hydrogen-bond donors (Lipinski definition) is 1. The molecule has 13 heavy (non-hydrogen) atoms. The monoisotopic (exact) mass is 194 g/mol. The van der Waals surface area contributed by atoms with Gasteiger partial charge >= 0.3 is 5.97 Å². The van der Waals surface area contributed by atoms with Crippen molar-refractivity contribution in [3.63, 3.8) is 0 Å². The van der Waals surface area contributed by atoms with Crippen LogP contribution in [0, 0.1) is 0 Å². The van der Waals surface area contributed by atoms with Crippen LogP contribution in [0.3, 0.4) is 0 Å². The zero-order chi connectivity index (χ0) is 9.42. The predicted molar refractivity (Wildman–Crippen MR) is 48.1 cm³/mol. The molecule has 1 N–H and O–H groups in total. The third kappa shape index (κ3) is 1.29. The van der Waals surface area contributed by atoms with E-state index >= 15 is 0 Å². The van der Waals surface area contributed by atoms with Gasteiger partial charge < -0.3 is 5.11 Å². The maximum atomic E-state index is 11.5. The van der Waals surface area contributed by atoms with Crippen LogP contribution in [-0.4, -0.2) is 16.9 Å². The van der Waals surface area contributed by atoms with Crippen LogP contribution in [0.2, 0.25) is 0 Å². The van der Waals surface area contributed by atoms with E-state index < -0.39 is 5.97 Å². The molecule has 0 fully saturated rings. The Morgan fingerprint density at radius 2 is 2.38 bits per heavy atom. The van der Waals surface area contributed by atoms with E-state index in [2.05, 4.69) is 0 Å². The highest BCUT2D eigenvalue weighted by Gasteiger charge is 2.26. The lowest BCUT2D eigenvalue weighted by Gasteiger charge is -1.90. The number of carbonyl (C=O) groups excluding carboxylic acids is 1. The molecule has 0 unspecified atom stereocenters. The molecule has 1 aromatic rings. The SMILES string of the molecule is O=C(O)/C=C1\Cc2sccc2C1=O. The standard InChI is InChI=1S/C9H6O3S/c10-8(11)4-5-3-7-6(9(5)12)1-2-13-7/h1-2,4H,3H2,(H,10,11)/b5-4+. The molecule has 0 bridgehead atoms. The summed E-state index contributed by atoms with van der Waals surface area (Å²) in [6.07, 6.45) is 1.47. The van der Waals surface area contributed by atoms with E-state index in [-0.39, 0.29) is 5.78 Å². The number of thiophene rings is 1. The minimum atomic E-state index is -1.06. The second kappa shape index (κ2) is 2.81. The lowest BCUT2D eigenvalue weighted by atomic mass is 10.1. The molecule has 0 radical (unpaired) electrons. The van der Waals surface area contributed by atoms with Gasteiger partial charge in [0.25, 0.3) is 0 Å². The van der Waals surface area contributed by atoms with Gasteiger partial charge in [0.2, 0.25) is 0 Å². The molecule has 4 heteroatoms. The molecular formula is C9H6O3S. The lowest BCUT2D eigenvalue weighted by Crippen LogP contribution is -1.99. The van der Waals surface area contributed by atoms with E-state index in [0.717, 1.165) is 11.0 Å². The van der Waals surface area contributed by atoms with E-state index in [4.69, 9.17) is 5.11 Å². The van der Waals surface area contributed by atoms with Crippen molar-refractivity contribution < 1.29 is 14.7 Å². The van der Waals surface area contributed by atoms with Crippen molar-refractivity contribution in [1.29, 1.82) is 0 Å². The molecule has 0 aromatic carbocycles. The summed E-state index contributed by atoms with van der Waals surface area (Å²) in [7, 11) is 0. The number of Topliss-reactive ketones (excluding diaryl/α,β-unsaturated/α-hetero) is 1. The van der Waals surface area contributed by atoms with Gasteiger partial charge in [-0.15, -0.1) is 11.3 Å². The zero-order valence-corrected chi connectivity index (χ0v) is 7.43. The number of carboxylic acids is 1. The Kier molecular flexibility index (Phi) is 1.77. The largest absolute Gasteiger partial charge is 0.478 e.